The van der Waals surface area contributed by atoms with E-state index in [2.05, 4.69) is 37.9 Å². The first kappa shape index (κ1) is 15.7. The normalized spacial score (nSPS) is 10.3. The highest BCUT2D eigenvalue weighted by atomic mass is 127. The SMILES string of the molecule is Cc1cc(CNC(=O)c2ccc(I)cc2)nc(N(C)C)n1. The van der Waals surface area contributed by atoms with Gasteiger partial charge in [-0.05, 0) is 59.8 Å². The van der Waals surface area contributed by atoms with Crippen LogP contribution < -0.4 is 10.2 Å². The summed E-state index contributed by atoms with van der Waals surface area (Å²) in [7, 11) is 3.78. The van der Waals surface area contributed by atoms with Crippen molar-refractivity contribution < 1.29 is 4.79 Å². The lowest BCUT2D eigenvalue weighted by Gasteiger charge is -2.12. The molecule has 21 heavy (non-hydrogen) atoms. The zero-order valence-corrected chi connectivity index (χ0v) is 14.4. The van der Waals surface area contributed by atoms with E-state index in [0.717, 1.165) is 15.0 Å². The Kier molecular flexibility index (Phi) is 5.11. The van der Waals surface area contributed by atoms with Crippen molar-refractivity contribution in [2.45, 2.75) is 13.5 Å². The fourth-order valence-corrected chi connectivity index (χ4v) is 2.14. The van der Waals surface area contributed by atoms with Gasteiger partial charge >= 0.3 is 0 Å². The summed E-state index contributed by atoms with van der Waals surface area (Å²) in [4.78, 5) is 22.7. The summed E-state index contributed by atoms with van der Waals surface area (Å²) in [6.07, 6.45) is 0. The number of hydrogen-bond acceptors (Lipinski definition) is 4. The Balaban J connectivity index is 2.05. The average molecular weight is 396 g/mol. The van der Waals surface area contributed by atoms with Crippen LogP contribution in [0.2, 0.25) is 0 Å². The zero-order valence-electron chi connectivity index (χ0n) is 12.2. The molecule has 2 aromatic rings. The van der Waals surface area contributed by atoms with Crippen molar-refractivity contribution in [3.05, 3.63) is 50.9 Å². The van der Waals surface area contributed by atoms with Crippen LogP contribution in [0.25, 0.3) is 0 Å². The third-order valence-electron chi connectivity index (χ3n) is 2.83. The standard InChI is InChI=1S/C15H17IN4O/c1-10-8-13(19-15(18-10)20(2)3)9-17-14(21)11-4-6-12(16)7-5-11/h4-8H,9H2,1-3H3,(H,17,21). The molecule has 0 unspecified atom stereocenters. The minimum absolute atomic E-state index is 0.103. The van der Waals surface area contributed by atoms with Crippen molar-refractivity contribution in [2.75, 3.05) is 19.0 Å². The molecule has 1 N–H and O–H groups in total. The molecule has 0 aliphatic rings. The number of rotatable bonds is 4. The molecule has 0 spiro atoms. The Bertz CT molecular complexity index is 641. The Hall–Kier alpha value is -1.70. The highest BCUT2D eigenvalue weighted by Crippen LogP contribution is 2.09. The van der Waals surface area contributed by atoms with Crippen molar-refractivity contribution in [1.82, 2.24) is 15.3 Å². The Morgan fingerprint density at radius 1 is 1.24 bits per heavy atom. The van der Waals surface area contributed by atoms with E-state index >= 15 is 0 Å². The lowest BCUT2D eigenvalue weighted by Crippen LogP contribution is -2.24. The molecule has 110 valence electrons. The monoisotopic (exact) mass is 396 g/mol. The van der Waals surface area contributed by atoms with Crippen molar-refractivity contribution in [1.29, 1.82) is 0 Å². The van der Waals surface area contributed by atoms with Crippen molar-refractivity contribution in [2.24, 2.45) is 0 Å². The van der Waals surface area contributed by atoms with E-state index < -0.39 is 0 Å². The average Bonchev–Trinajstić information content (AvgIpc) is 2.45. The molecule has 6 heteroatoms. The van der Waals surface area contributed by atoms with E-state index in [1.807, 2.05) is 56.3 Å². The third kappa shape index (κ3) is 4.38. The van der Waals surface area contributed by atoms with Crippen LogP contribution in [0.3, 0.4) is 0 Å². The molecule has 2 rings (SSSR count). The number of carbonyl (C=O) groups excluding carboxylic acids is 1. The number of carbonyl (C=O) groups is 1. The Labute approximate surface area is 137 Å². The van der Waals surface area contributed by atoms with Gasteiger partial charge in [0.25, 0.3) is 5.91 Å². The molecular formula is C15H17IN4O. The molecular weight excluding hydrogens is 379 g/mol. The number of nitrogens with one attached hydrogen (secondary N) is 1. The van der Waals surface area contributed by atoms with Gasteiger partial charge in [0.15, 0.2) is 0 Å². The molecule has 0 aliphatic carbocycles. The summed E-state index contributed by atoms with van der Waals surface area (Å²) in [6.45, 7) is 2.30. The molecule has 5 nitrogen and oxygen atoms in total. The molecule has 0 fully saturated rings. The Morgan fingerprint density at radius 3 is 2.52 bits per heavy atom. The van der Waals surface area contributed by atoms with Gasteiger partial charge in [-0.1, -0.05) is 0 Å². The smallest absolute Gasteiger partial charge is 0.251 e. The third-order valence-corrected chi connectivity index (χ3v) is 3.55. The van der Waals surface area contributed by atoms with Crippen LogP contribution in [0.1, 0.15) is 21.7 Å². The summed E-state index contributed by atoms with van der Waals surface area (Å²) >= 11 is 2.21. The van der Waals surface area contributed by atoms with Crippen molar-refractivity contribution in [3.63, 3.8) is 0 Å². The first-order valence-corrected chi connectivity index (χ1v) is 7.59. The van der Waals surface area contributed by atoms with Gasteiger partial charge in [-0.3, -0.25) is 4.79 Å². The maximum absolute atomic E-state index is 12.1. The van der Waals surface area contributed by atoms with Gasteiger partial charge in [-0.25, -0.2) is 9.97 Å². The van der Waals surface area contributed by atoms with Gasteiger partial charge in [0.05, 0.1) is 12.2 Å². The fraction of sp³-hybridized carbons (Fsp3) is 0.267. The molecule has 0 radical (unpaired) electrons. The van der Waals surface area contributed by atoms with Gasteiger partial charge in [-0.2, -0.15) is 0 Å². The molecule has 0 saturated carbocycles. The number of aryl methyl sites for hydroxylation is 1. The molecule has 0 aliphatic heterocycles. The zero-order chi connectivity index (χ0) is 15.4. The fourth-order valence-electron chi connectivity index (χ4n) is 1.78. The predicted octanol–water partition coefficient (Wildman–Crippen LogP) is 2.39. The highest BCUT2D eigenvalue weighted by molar-refractivity contribution is 14.1. The van der Waals surface area contributed by atoms with Crippen LogP contribution in [0, 0.1) is 10.5 Å². The van der Waals surface area contributed by atoms with E-state index in [1.54, 1.807) is 0 Å². The second-order valence-electron chi connectivity index (χ2n) is 4.88. The number of aromatic nitrogens is 2. The number of hydrogen-bond donors (Lipinski definition) is 1. The van der Waals surface area contributed by atoms with E-state index in [9.17, 15) is 4.79 Å². The lowest BCUT2D eigenvalue weighted by atomic mass is 10.2. The summed E-state index contributed by atoms with van der Waals surface area (Å²) < 4.78 is 1.10. The largest absolute Gasteiger partial charge is 0.347 e. The number of nitrogens with zero attached hydrogens (tertiary/aromatic N) is 3. The minimum atomic E-state index is -0.103. The second-order valence-corrected chi connectivity index (χ2v) is 6.13. The minimum Gasteiger partial charge on any atom is -0.347 e. The van der Waals surface area contributed by atoms with Crippen molar-refractivity contribution >= 4 is 34.4 Å². The van der Waals surface area contributed by atoms with Crippen molar-refractivity contribution in [3.8, 4) is 0 Å². The van der Waals surface area contributed by atoms with E-state index in [-0.39, 0.29) is 5.91 Å². The molecule has 0 saturated heterocycles. The first-order chi connectivity index (χ1) is 9.95. The van der Waals surface area contributed by atoms with Crippen LogP contribution in [0.5, 0.6) is 0 Å². The molecule has 1 aromatic carbocycles. The molecule has 0 atom stereocenters. The highest BCUT2D eigenvalue weighted by Gasteiger charge is 2.08. The number of benzene rings is 1. The van der Waals surface area contributed by atoms with Gasteiger partial charge in [0.2, 0.25) is 5.95 Å². The van der Waals surface area contributed by atoms with Gasteiger partial charge in [0, 0.05) is 28.9 Å². The van der Waals surface area contributed by atoms with E-state index in [1.165, 1.54) is 0 Å². The van der Waals surface area contributed by atoms with Gasteiger partial charge in [-0.15, -0.1) is 0 Å². The summed E-state index contributed by atoms with van der Waals surface area (Å²) in [5.74, 6) is 0.544. The van der Waals surface area contributed by atoms with Crippen LogP contribution in [0.15, 0.2) is 30.3 Å². The van der Waals surface area contributed by atoms with Crippen LogP contribution in [-0.4, -0.2) is 30.0 Å². The van der Waals surface area contributed by atoms with E-state index in [0.29, 0.717) is 18.1 Å². The Morgan fingerprint density at radius 2 is 1.90 bits per heavy atom. The van der Waals surface area contributed by atoms with Crippen LogP contribution in [0.4, 0.5) is 5.95 Å². The maximum atomic E-state index is 12.1. The quantitative estimate of drug-likeness (QED) is 0.807. The van der Waals surface area contributed by atoms with E-state index in [4.69, 9.17) is 0 Å². The number of anilines is 1. The molecule has 1 amide bonds. The van der Waals surface area contributed by atoms with Crippen LogP contribution in [-0.2, 0) is 6.54 Å². The summed E-state index contributed by atoms with van der Waals surface area (Å²) in [6, 6.07) is 9.32. The topological polar surface area (TPSA) is 58.1 Å². The number of halogens is 1. The van der Waals surface area contributed by atoms with Gasteiger partial charge < -0.3 is 10.2 Å². The predicted molar refractivity (Wildman–Crippen MR) is 91.4 cm³/mol. The van der Waals surface area contributed by atoms with Gasteiger partial charge in [0.1, 0.15) is 0 Å². The summed E-state index contributed by atoms with van der Waals surface area (Å²) in [5, 5.41) is 2.88. The van der Waals surface area contributed by atoms with Crippen LogP contribution >= 0.6 is 22.6 Å². The molecule has 0 bridgehead atoms. The first-order valence-electron chi connectivity index (χ1n) is 6.51. The molecule has 1 aromatic heterocycles. The maximum Gasteiger partial charge on any atom is 0.251 e. The summed E-state index contributed by atoms with van der Waals surface area (Å²) in [5.41, 5.74) is 2.33. The lowest BCUT2D eigenvalue weighted by molar-refractivity contribution is 0.0950. The second kappa shape index (κ2) is 6.84. The number of amides is 1. The molecule has 1 heterocycles.